The smallest absolute Gasteiger partial charge is 0.277 e. The van der Waals surface area contributed by atoms with Crippen LogP contribution in [0.5, 0.6) is 0 Å². The van der Waals surface area contributed by atoms with Gasteiger partial charge in [-0.25, -0.2) is 4.98 Å². The highest BCUT2D eigenvalue weighted by Crippen LogP contribution is 2.32. The van der Waals surface area contributed by atoms with E-state index < -0.39 is 5.25 Å². The van der Waals surface area contributed by atoms with Gasteiger partial charge in [-0.2, -0.15) is 0 Å². The van der Waals surface area contributed by atoms with Crippen LogP contribution in [0.3, 0.4) is 0 Å². The molecule has 142 valence electrons. The van der Waals surface area contributed by atoms with E-state index in [1.54, 1.807) is 20.8 Å². The lowest BCUT2D eigenvalue weighted by Gasteiger charge is -2.07. The Labute approximate surface area is 165 Å². The lowest BCUT2D eigenvalue weighted by atomic mass is 10.0. The molecule has 0 saturated heterocycles. The number of rotatable bonds is 6. The predicted octanol–water partition coefficient (Wildman–Crippen LogP) is 4.32. The highest BCUT2D eigenvalue weighted by molar-refractivity contribution is 8.00. The quantitative estimate of drug-likeness (QED) is 0.482. The molecule has 0 aliphatic heterocycles. The molecule has 3 heterocycles. The number of nitrogens with zero attached hydrogens (tertiary/aromatic N) is 3. The molecule has 0 aromatic carbocycles. The van der Waals surface area contributed by atoms with Crippen molar-refractivity contribution in [1.29, 1.82) is 0 Å². The summed E-state index contributed by atoms with van der Waals surface area (Å²) in [6, 6.07) is 0. The van der Waals surface area contributed by atoms with Gasteiger partial charge in [-0.3, -0.25) is 9.59 Å². The molecule has 9 heteroatoms. The maximum absolute atomic E-state index is 12.8. The zero-order chi connectivity index (χ0) is 19.9. The van der Waals surface area contributed by atoms with Crippen molar-refractivity contribution in [1.82, 2.24) is 20.2 Å². The molecule has 0 radical (unpaired) electrons. The van der Waals surface area contributed by atoms with Crippen molar-refractivity contribution < 1.29 is 14.0 Å². The molecule has 0 saturated carbocycles. The minimum atomic E-state index is -0.445. The van der Waals surface area contributed by atoms with E-state index in [9.17, 15) is 9.59 Å². The molecule has 0 spiro atoms. The van der Waals surface area contributed by atoms with E-state index in [1.807, 2.05) is 13.8 Å². The number of carbonyl (C=O) groups is 2. The summed E-state index contributed by atoms with van der Waals surface area (Å²) >= 11 is 2.69. The molecule has 3 aromatic rings. The fourth-order valence-corrected chi connectivity index (χ4v) is 4.59. The molecule has 3 rings (SSSR count). The second-order valence-electron chi connectivity index (χ2n) is 6.33. The molecule has 0 bridgehead atoms. The molecule has 0 aliphatic rings. The van der Waals surface area contributed by atoms with Gasteiger partial charge in [0.25, 0.3) is 11.1 Å². The maximum atomic E-state index is 12.8. The summed E-state index contributed by atoms with van der Waals surface area (Å²) in [7, 11) is 0. The van der Waals surface area contributed by atoms with E-state index in [2.05, 4.69) is 20.2 Å². The van der Waals surface area contributed by atoms with Gasteiger partial charge in [0, 0.05) is 11.3 Å². The van der Waals surface area contributed by atoms with Crippen LogP contribution in [0.2, 0.25) is 0 Å². The van der Waals surface area contributed by atoms with Crippen molar-refractivity contribution in [3.63, 3.8) is 0 Å². The topological polar surface area (TPSA) is 102 Å². The van der Waals surface area contributed by atoms with E-state index in [0.29, 0.717) is 33.6 Å². The van der Waals surface area contributed by atoms with E-state index in [-0.39, 0.29) is 11.6 Å². The summed E-state index contributed by atoms with van der Waals surface area (Å²) in [5, 5.41) is 8.92. The third-order valence-electron chi connectivity index (χ3n) is 4.19. The van der Waals surface area contributed by atoms with Crippen LogP contribution in [0.25, 0.3) is 10.8 Å². The summed E-state index contributed by atoms with van der Waals surface area (Å²) in [5.41, 5.74) is 3.25. The van der Waals surface area contributed by atoms with Crippen LogP contribution < -0.4 is 0 Å². The predicted molar refractivity (Wildman–Crippen MR) is 105 cm³/mol. The van der Waals surface area contributed by atoms with Crippen LogP contribution in [-0.4, -0.2) is 37.0 Å². The summed E-state index contributed by atoms with van der Waals surface area (Å²) in [4.78, 5) is 32.9. The highest BCUT2D eigenvalue weighted by atomic mass is 32.2. The van der Waals surface area contributed by atoms with Gasteiger partial charge >= 0.3 is 0 Å². The fraction of sp³-hybridized carbons (Fsp3) is 0.389. The molecular formula is C18H20N4O3S2. The lowest BCUT2D eigenvalue weighted by Crippen LogP contribution is -2.15. The zero-order valence-electron chi connectivity index (χ0n) is 16.0. The molecule has 27 heavy (non-hydrogen) atoms. The van der Waals surface area contributed by atoms with Gasteiger partial charge in [0.2, 0.25) is 0 Å². The first-order valence-corrected chi connectivity index (χ1v) is 10.1. The summed E-state index contributed by atoms with van der Waals surface area (Å²) in [6.45, 7) is 10.7. The van der Waals surface area contributed by atoms with Crippen molar-refractivity contribution >= 4 is 34.7 Å². The molecule has 0 fully saturated rings. The normalized spacial score (nSPS) is 12.4. The number of Topliss-reactive ketones (excluding diaryl/α,β-unsaturated/α-hetero) is 2. The lowest BCUT2D eigenvalue weighted by molar-refractivity contribution is 0.0988. The van der Waals surface area contributed by atoms with Crippen LogP contribution in [-0.2, 0) is 0 Å². The number of nitrogens with one attached hydrogen (secondary N) is 1. The van der Waals surface area contributed by atoms with Crippen LogP contribution >= 0.6 is 23.1 Å². The first-order valence-electron chi connectivity index (χ1n) is 8.38. The standard InChI is InChI=1S/C18H20N4O3S2/c1-7-13(10(4)23)8(2)20-14(7)15(24)11(5)26-18-22-21-17(25-18)16-9(3)19-12(6)27-16/h11,20H,1-6H3. The van der Waals surface area contributed by atoms with Gasteiger partial charge in [-0.05, 0) is 47.1 Å². The molecule has 7 nitrogen and oxygen atoms in total. The zero-order valence-corrected chi connectivity index (χ0v) is 17.6. The van der Waals surface area contributed by atoms with Crippen molar-refractivity contribution in [3.05, 3.63) is 33.2 Å². The minimum Gasteiger partial charge on any atom is -0.410 e. The molecule has 1 atom stereocenters. The molecule has 0 aliphatic carbocycles. The van der Waals surface area contributed by atoms with Crippen LogP contribution in [0.15, 0.2) is 9.64 Å². The first kappa shape index (κ1) is 19.5. The van der Waals surface area contributed by atoms with Gasteiger partial charge in [0.05, 0.1) is 21.6 Å². The van der Waals surface area contributed by atoms with Gasteiger partial charge in [0.15, 0.2) is 11.6 Å². The average molecular weight is 405 g/mol. The number of aromatic amines is 1. The van der Waals surface area contributed by atoms with Crippen molar-refractivity contribution in [3.8, 4) is 10.8 Å². The third-order valence-corrected chi connectivity index (χ3v) is 6.18. The Balaban J connectivity index is 1.79. The number of ketones is 2. The van der Waals surface area contributed by atoms with Crippen molar-refractivity contribution in [2.45, 2.75) is 52.0 Å². The molecule has 3 aromatic heterocycles. The summed E-state index contributed by atoms with van der Waals surface area (Å²) < 4.78 is 5.71. The van der Waals surface area contributed by atoms with Gasteiger partial charge in [0.1, 0.15) is 4.88 Å². The SMILES string of the molecule is CC(=O)c1c(C)[nH]c(C(=O)C(C)Sc2nnc(-c3sc(C)nc3C)o2)c1C. The monoisotopic (exact) mass is 404 g/mol. The Kier molecular flexibility index (Phi) is 5.34. The Morgan fingerprint density at radius 3 is 2.44 bits per heavy atom. The second-order valence-corrected chi connectivity index (χ2v) is 8.82. The molecular weight excluding hydrogens is 384 g/mol. The fourth-order valence-electron chi connectivity index (χ4n) is 3.01. The molecule has 0 amide bonds. The molecule has 1 unspecified atom stereocenters. The Bertz CT molecular complexity index is 1030. The van der Waals surface area contributed by atoms with E-state index in [0.717, 1.165) is 15.6 Å². The van der Waals surface area contributed by atoms with Gasteiger partial charge < -0.3 is 9.40 Å². The van der Waals surface area contributed by atoms with Crippen molar-refractivity contribution in [2.75, 3.05) is 0 Å². The summed E-state index contributed by atoms with van der Waals surface area (Å²) in [6.07, 6.45) is 0. The van der Waals surface area contributed by atoms with Crippen LogP contribution in [0.1, 0.15) is 56.7 Å². The third kappa shape index (κ3) is 3.74. The van der Waals surface area contributed by atoms with Crippen molar-refractivity contribution in [2.24, 2.45) is 0 Å². The number of hydrogen-bond donors (Lipinski definition) is 1. The second kappa shape index (κ2) is 7.40. The van der Waals surface area contributed by atoms with E-state index in [1.165, 1.54) is 30.0 Å². The molecule has 1 N–H and O–H groups in total. The maximum Gasteiger partial charge on any atom is 0.277 e. The Morgan fingerprint density at radius 2 is 1.89 bits per heavy atom. The van der Waals surface area contributed by atoms with Crippen LogP contribution in [0.4, 0.5) is 0 Å². The Hall–Kier alpha value is -2.26. The van der Waals surface area contributed by atoms with E-state index >= 15 is 0 Å². The number of aryl methyl sites for hydroxylation is 3. The highest BCUT2D eigenvalue weighted by Gasteiger charge is 2.26. The van der Waals surface area contributed by atoms with Gasteiger partial charge in [-0.1, -0.05) is 11.8 Å². The average Bonchev–Trinajstić information content (AvgIpc) is 3.24. The minimum absolute atomic E-state index is 0.0580. The number of aromatic nitrogens is 4. The van der Waals surface area contributed by atoms with Crippen LogP contribution in [0, 0.1) is 27.7 Å². The van der Waals surface area contributed by atoms with E-state index in [4.69, 9.17) is 4.42 Å². The largest absolute Gasteiger partial charge is 0.410 e. The Morgan fingerprint density at radius 1 is 1.19 bits per heavy atom. The number of thiazole rings is 1. The van der Waals surface area contributed by atoms with Gasteiger partial charge in [-0.15, -0.1) is 21.5 Å². The number of thioether (sulfide) groups is 1. The summed E-state index contributed by atoms with van der Waals surface area (Å²) in [5.74, 6) is 0.237. The number of carbonyl (C=O) groups excluding carboxylic acids is 2. The number of H-pyrrole nitrogens is 1. The number of hydrogen-bond acceptors (Lipinski definition) is 8. The first-order chi connectivity index (χ1) is 12.7.